The van der Waals surface area contributed by atoms with Crippen LogP contribution in [-0.4, -0.2) is 44.7 Å². The highest BCUT2D eigenvalue weighted by Gasteiger charge is 2.54. The van der Waals surface area contributed by atoms with Crippen LogP contribution < -0.4 is 21.4 Å². The van der Waals surface area contributed by atoms with Gasteiger partial charge < -0.3 is 32.7 Å². The van der Waals surface area contributed by atoms with E-state index in [4.69, 9.17) is 13.7 Å². The summed E-state index contributed by atoms with van der Waals surface area (Å²) in [4.78, 5) is 7.70. The maximum absolute atomic E-state index is 7.03. The first-order valence-electron chi connectivity index (χ1n) is 19.5. The highest BCUT2D eigenvalue weighted by atomic mass is 16.6. The molecule has 10 rings (SSSR count). The van der Waals surface area contributed by atoms with Gasteiger partial charge in [-0.1, -0.05) is 89.5 Å². The fraction of sp³-hybridized carbons (Fsp3) is 0.146. The summed E-state index contributed by atoms with van der Waals surface area (Å²) in [6, 6.07) is 43.3. The van der Waals surface area contributed by atoms with Crippen molar-refractivity contribution in [2.75, 3.05) is 13.2 Å². The molecule has 0 unspecified atom stereocenters. The standard InChI is InChI=1S/C48H43BN4O3/c1-6-54-49(55-7-2)52-40-24-26-42(52)48(35-18-12-32(5)13-19-35)43-27-25-41(53(43)49)37-21-23-39(51-37)47(34-16-10-31(4)11-17-34)45-29-28-44(56-45)46(38-22-20-36(40)50-38)33-14-8-30(3)9-15-33/h8-29,50-51H,6-7H2,1-5H3. The van der Waals surface area contributed by atoms with Crippen molar-refractivity contribution in [3.8, 4) is 0 Å². The molecule has 276 valence electrons. The molecule has 0 saturated carbocycles. The summed E-state index contributed by atoms with van der Waals surface area (Å²) in [7, 11) is 0. The lowest BCUT2D eigenvalue weighted by Crippen LogP contribution is -2.66. The van der Waals surface area contributed by atoms with Crippen LogP contribution in [0.15, 0.2) is 138 Å². The topological polar surface area (TPSA) is 71.1 Å². The first kappa shape index (κ1) is 34.2. The molecular weight excluding hydrogens is 691 g/mol. The zero-order chi connectivity index (χ0) is 38.1. The monoisotopic (exact) mass is 734 g/mol. The molecule has 8 heteroatoms. The first-order valence-corrected chi connectivity index (χ1v) is 19.5. The smallest absolute Gasteiger partial charge is 0.484 e. The fourth-order valence-corrected chi connectivity index (χ4v) is 8.78. The van der Waals surface area contributed by atoms with E-state index in [1.807, 2.05) is 13.8 Å². The molecule has 0 fully saturated rings. The summed E-state index contributed by atoms with van der Waals surface area (Å²) in [5.74, 6) is 1.54. The summed E-state index contributed by atoms with van der Waals surface area (Å²) in [5, 5.41) is 5.75. The largest absolute Gasteiger partial charge is 0.666 e. The first-order chi connectivity index (χ1) is 27.4. The highest BCUT2D eigenvalue weighted by molar-refractivity contribution is 6.61. The van der Waals surface area contributed by atoms with Gasteiger partial charge in [0, 0.05) is 47.2 Å². The zero-order valence-electron chi connectivity index (χ0n) is 32.3. The average Bonchev–Trinajstić information content (AvgIpc) is 4.05. The van der Waals surface area contributed by atoms with Crippen LogP contribution in [0, 0.1) is 31.5 Å². The van der Waals surface area contributed by atoms with Crippen LogP contribution in [0.25, 0.3) is 22.4 Å². The Balaban J connectivity index is 1.44. The van der Waals surface area contributed by atoms with Crippen LogP contribution in [0.2, 0.25) is 0 Å². The van der Waals surface area contributed by atoms with Gasteiger partial charge in [0.1, 0.15) is 16.9 Å². The Hall–Kier alpha value is -6.35. The number of benzene rings is 3. The molecule has 3 aromatic carbocycles. The number of fused-ring (bicyclic) bond motifs is 6. The summed E-state index contributed by atoms with van der Waals surface area (Å²) in [5.41, 5.74) is 11.9. The van der Waals surface area contributed by atoms with Crippen molar-refractivity contribution < 1.29 is 18.2 Å². The Kier molecular flexibility index (Phi) is 8.03. The van der Waals surface area contributed by atoms with Crippen LogP contribution >= 0.6 is 0 Å². The van der Waals surface area contributed by atoms with E-state index in [2.05, 4.69) is 173 Å². The van der Waals surface area contributed by atoms with Crippen molar-refractivity contribution in [2.24, 2.45) is 0 Å². The third-order valence-electron chi connectivity index (χ3n) is 11.4. The van der Waals surface area contributed by atoms with E-state index in [9.17, 15) is 0 Å². The molecule has 8 bridgehead atoms. The van der Waals surface area contributed by atoms with E-state index < -0.39 is 6.82 Å². The minimum atomic E-state index is -2.33. The molecule has 0 radical (unpaired) electrons. The predicted molar refractivity (Wildman–Crippen MR) is 222 cm³/mol. The molecule has 2 N–H and O–H groups in total. The Morgan fingerprint density at radius 1 is 0.518 bits per heavy atom. The molecule has 7 nitrogen and oxygen atoms in total. The van der Waals surface area contributed by atoms with Crippen LogP contribution in [0.5, 0.6) is 0 Å². The molecule has 7 aromatic rings. The Bertz CT molecular complexity index is 3110. The third kappa shape index (κ3) is 5.24. The van der Waals surface area contributed by atoms with Crippen molar-refractivity contribution >= 4 is 34.9 Å². The summed E-state index contributed by atoms with van der Waals surface area (Å²) in [6.07, 6.45) is 4.40. The molecule has 0 aliphatic carbocycles. The Labute approximate surface area is 324 Å². The molecule has 3 aliphatic heterocycles. The van der Waals surface area contributed by atoms with Gasteiger partial charge in [-0.3, -0.25) is 0 Å². The number of aryl methyl sites for hydroxylation is 3. The number of hydrogen-bond acceptors (Lipinski definition) is 3. The highest BCUT2D eigenvalue weighted by Crippen LogP contribution is 2.32. The minimum absolute atomic E-state index is 0.441. The van der Waals surface area contributed by atoms with Gasteiger partial charge in [-0.15, -0.1) is 0 Å². The Morgan fingerprint density at radius 3 is 1.52 bits per heavy atom. The SMILES string of the molecule is CCO[B-]1(OCC)n2c3ccc2=c2ccc([nH]2)=C(c2ccc(C)cc2)c2ccc(o2)C(c2ccc(C)cc2)=c2ccc([nH]2)=C2C=CC(=[N+]21)C=3c1ccc(C)cc1. The lowest BCUT2D eigenvalue weighted by atomic mass is 9.80. The van der Waals surface area contributed by atoms with Gasteiger partial charge in [-0.05, 0) is 99.8 Å². The van der Waals surface area contributed by atoms with Gasteiger partial charge in [-0.2, -0.15) is 0 Å². The number of aromatic nitrogens is 3. The van der Waals surface area contributed by atoms with Crippen molar-refractivity contribution in [1.82, 2.24) is 14.4 Å². The van der Waals surface area contributed by atoms with Crippen molar-refractivity contribution in [3.05, 3.63) is 210 Å². The molecule has 0 atom stereocenters. The minimum Gasteiger partial charge on any atom is -0.484 e. The summed E-state index contributed by atoms with van der Waals surface area (Å²) in [6.45, 7) is 8.99. The summed E-state index contributed by atoms with van der Waals surface area (Å²) < 4.78 is 25.6. The van der Waals surface area contributed by atoms with Gasteiger partial charge in [0.05, 0.1) is 21.6 Å². The average molecular weight is 735 g/mol. The molecule has 4 aromatic heterocycles. The van der Waals surface area contributed by atoms with Crippen LogP contribution in [0.1, 0.15) is 58.7 Å². The van der Waals surface area contributed by atoms with Crippen LogP contribution in [-0.2, 0) is 9.31 Å². The maximum atomic E-state index is 7.03. The second-order valence-corrected chi connectivity index (χ2v) is 14.9. The van der Waals surface area contributed by atoms with E-state index in [0.29, 0.717) is 13.2 Å². The number of aromatic amines is 2. The maximum Gasteiger partial charge on any atom is 0.666 e. The van der Waals surface area contributed by atoms with Crippen molar-refractivity contribution in [2.45, 2.75) is 34.6 Å². The lowest BCUT2D eigenvalue weighted by molar-refractivity contribution is -0.344. The molecule has 0 amide bonds. The normalized spacial score (nSPS) is 15.4. The number of hydrogen-bond donors (Lipinski definition) is 2. The van der Waals surface area contributed by atoms with E-state index in [0.717, 1.165) is 88.4 Å². The second kappa shape index (κ2) is 13.2. The molecular formula is C48H43BN4O3. The predicted octanol–water partition coefficient (Wildman–Crippen LogP) is 6.16. The van der Waals surface area contributed by atoms with Crippen molar-refractivity contribution in [1.29, 1.82) is 0 Å². The van der Waals surface area contributed by atoms with Gasteiger partial charge in [-0.25, -0.2) is 0 Å². The molecule has 0 spiro atoms. The molecule has 7 heterocycles. The van der Waals surface area contributed by atoms with Crippen LogP contribution in [0.4, 0.5) is 0 Å². The van der Waals surface area contributed by atoms with E-state index >= 15 is 0 Å². The number of furan rings is 1. The fourth-order valence-electron chi connectivity index (χ4n) is 8.78. The van der Waals surface area contributed by atoms with Gasteiger partial charge in [0.15, 0.2) is 11.4 Å². The number of allylic oxidation sites excluding steroid dienone is 1. The quantitative estimate of drug-likeness (QED) is 0.193. The van der Waals surface area contributed by atoms with Crippen LogP contribution in [0.3, 0.4) is 0 Å². The van der Waals surface area contributed by atoms with Gasteiger partial charge >= 0.3 is 6.82 Å². The second-order valence-electron chi connectivity index (χ2n) is 14.9. The zero-order valence-corrected chi connectivity index (χ0v) is 32.3. The third-order valence-corrected chi connectivity index (χ3v) is 11.4. The Morgan fingerprint density at radius 2 is 0.982 bits per heavy atom. The lowest BCUT2D eigenvalue weighted by Gasteiger charge is -2.40. The molecule has 3 aliphatic rings. The number of nitrogens with one attached hydrogen (secondary N) is 2. The molecule has 56 heavy (non-hydrogen) atoms. The van der Waals surface area contributed by atoms with Gasteiger partial charge in [0.25, 0.3) is 0 Å². The number of rotatable bonds is 7. The van der Waals surface area contributed by atoms with Gasteiger partial charge in [0.2, 0.25) is 0 Å². The van der Waals surface area contributed by atoms with E-state index in [1.165, 1.54) is 16.7 Å². The molecule has 0 saturated heterocycles. The van der Waals surface area contributed by atoms with E-state index in [1.54, 1.807) is 0 Å². The number of H-pyrrole nitrogens is 2. The summed E-state index contributed by atoms with van der Waals surface area (Å²) >= 11 is 0. The van der Waals surface area contributed by atoms with Crippen molar-refractivity contribution in [3.63, 3.8) is 0 Å². The van der Waals surface area contributed by atoms with E-state index in [-0.39, 0.29) is 0 Å². The number of nitrogens with zero attached hydrogens (tertiary/aromatic N) is 2.